The molecule has 1 aromatic carbocycles. The molecule has 5 rings (SSSR count). The summed E-state index contributed by atoms with van der Waals surface area (Å²) < 4.78 is 4.27. The Morgan fingerprint density at radius 3 is 2.59 bits per heavy atom. The number of nitrogens with zero attached hydrogens (tertiary/aromatic N) is 6. The minimum Gasteiger partial charge on any atom is -0.334 e. The number of benzene rings is 1. The zero-order valence-electron chi connectivity index (χ0n) is 19.8. The highest BCUT2D eigenvalue weighted by atomic mass is 35.5. The van der Waals surface area contributed by atoms with Crippen LogP contribution in [-0.2, 0) is 13.1 Å². The fraction of sp³-hybridized carbons (Fsp3) is 0.385. The van der Waals surface area contributed by atoms with Crippen molar-refractivity contribution in [1.29, 1.82) is 5.41 Å². The zero-order valence-corrected chi connectivity index (χ0v) is 20.5. The first kappa shape index (κ1) is 22.7. The Morgan fingerprint density at radius 1 is 1.06 bits per heavy atom. The van der Waals surface area contributed by atoms with E-state index in [1.165, 1.54) is 18.4 Å². The van der Waals surface area contributed by atoms with Crippen LogP contribution in [0.3, 0.4) is 0 Å². The second-order valence-electron chi connectivity index (χ2n) is 8.98. The zero-order chi connectivity index (χ0) is 23.7. The summed E-state index contributed by atoms with van der Waals surface area (Å²) in [5.74, 6) is 0.832. The van der Waals surface area contributed by atoms with Gasteiger partial charge in [0.15, 0.2) is 5.65 Å². The van der Waals surface area contributed by atoms with Crippen molar-refractivity contribution in [3.05, 3.63) is 64.1 Å². The lowest BCUT2D eigenvalue weighted by Gasteiger charge is -2.17. The minimum atomic E-state index is 0.490. The smallest absolute Gasteiger partial charge is 0.161 e. The summed E-state index contributed by atoms with van der Waals surface area (Å²) in [6.45, 7) is 8.54. The molecular formula is C26H30ClN7. The number of likely N-dealkylation sites (tertiary alicyclic amines) is 1. The fourth-order valence-corrected chi connectivity index (χ4v) is 5.21. The van der Waals surface area contributed by atoms with E-state index in [1.54, 1.807) is 0 Å². The topological polar surface area (TPSA) is 74.6 Å². The van der Waals surface area contributed by atoms with Crippen LogP contribution in [0.2, 0.25) is 5.02 Å². The van der Waals surface area contributed by atoms with E-state index in [9.17, 15) is 0 Å². The summed E-state index contributed by atoms with van der Waals surface area (Å²) in [5.41, 5.74) is 6.64. The number of halogens is 1. The molecule has 8 heteroatoms. The molecule has 0 amide bonds. The molecule has 0 radical (unpaired) electrons. The van der Waals surface area contributed by atoms with Crippen molar-refractivity contribution in [1.82, 2.24) is 24.1 Å². The average molecular weight is 476 g/mol. The summed E-state index contributed by atoms with van der Waals surface area (Å²) in [5, 5.41) is 18.1. The number of nitrogens with one attached hydrogen (secondary N) is 1. The van der Waals surface area contributed by atoms with Crippen molar-refractivity contribution in [3.8, 4) is 0 Å². The monoisotopic (exact) mass is 475 g/mol. The van der Waals surface area contributed by atoms with Gasteiger partial charge in [0.2, 0.25) is 0 Å². The molecule has 1 fully saturated rings. The molecule has 1 N–H and O–H groups in total. The van der Waals surface area contributed by atoms with Crippen LogP contribution in [0.4, 0.5) is 0 Å². The highest BCUT2D eigenvalue weighted by Gasteiger charge is 2.18. The Bertz CT molecular complexity index is 1380. The van der Waals surface area contributed by atoms with Crippen molar-refractivity contribution >= 4 is 40.2 Å². The summed E-state index contributed by atoms with van der Waals surface area (Å²) in [4.78, 5) is 6.80. The van der Waals surface area contributed by atoms with Crippen molar-refractivity contribution < 1.29 is 0 Å². The van der Waals surface area contributed by atoms with Crippen LogP contribution in [0.15, 0.2) is 41.4 Å². The normalized spacial score (nSPS) is 14.8. The Balaban J connectivity index is 1.57. The van der Waals surface area contributed by atoms with Crippen LogP contribution in [0.1, 0.15) is 48.8 Å². The minimum absolute atomic E-state index is 0.490. The third kappa shape index (κ3) is 4.50. The Labute approximate surface area is 204 Å². The highest BCUT2D eigenvalue weighted by molar-refractivity contribution is 6.30. The predicted molar refractivity (Wildman–Crippen MR) is 139 cm³/mol. The highest BCUT2D eigenvalue weighted by Crippen LogP contribution is 2.26. The molecule has 0 spiro atoms. The number of pyridine rings is 1. The molecule has 176 valence electrons. The molecule has 1 aliphatic rings. The molecule has 34 heavy (non-hydrogen) atoms. The summed E-state index contributed by atoms with van der Waals surface area (Å²) in [6.07, 6.45) is 4.86. The molecule has 1 aliphatic heterocycles. The van der Waals surface area contributed by atoms with Gasteiger partial charge in [-0.1, -0.05) is 17.7 Å². The van der Waals surface area contributed by atoms with Crippen LogP contribution >= 0.6 is 11.6 Å². The molecule has 7 nitrogen and oxygen atoms in total. The standard InChI is InChI=1S/C26H30ClN7/c1-3-29-9-8-22(28)24-15-25-23(6-7-26-31-30-18(2)34(25)26)33(24)17-20-12-19(13-21(27)14-20)16-32-10-4-5-11-32/h6-7,9,12-15,28H,3-5,8,10-11,16-17H2,1-2H3. The van der Waals surface area contributed by atoms with E-state index in [-0.39, 0.29) is 0 Å². The van der Waals surface area contributed by atoms with E-state index in [4.69, 9.17) is 17.0 Å². The molecular weight excluding hydrogens is 446 g/mol. The number of hydrogen-bond acceptors (Lipinski definition) is 5. The van der Waals surface area contributed by atoms with E-state index in [0.717, 1.165) is 65.0 Å². The molecule has 0 aliphatic carbocycles. The third-order valence-electron chi connectivity index (χ3n) is 6.48. The van der Waals surface area contributed by atoms with Gasteiger partial charge in [-0.15, -0.1) is 10.2 Å². The quantitative estimate of drug-likeness (QED) is 0.358. The summed E-state index contributed by atoms with van der Waals surface area (Å²) in [6, 6.07) is 12.5. The number of fused-ring (bicyclic) bond motifs is 3. The van der Waals surface area contributed by atoms with Gasteiger partial charge in [0.25, 0.3) is 0 Å². The fourth-order valence-electron chi connectivity index (χ4n) is 4.93. The molecule has 0 bridgehead atoms. The van der Waals surface area contributed by atoms with Gasteiger partial charge < -0.3 is 9.98 Å². The average Bonchev–Trinajstić information content (AvgIpc) is 3.53. The largest absolute Gasteiger partial charge is 0.334 e. The van der Waals surface area contributed by atoms with Gasteiger partial charge in [0.05, 0.1) is 22.4 Å². The first-order chi connectivity index (χ1) is 16.5. The van der Waals surface area contributed by atoms with Gasteiger partial charge >= 0.3 is 0 Å². The second kappa shape index (κ2) is 9.68. The van der Waals surface area contributed by atoms with Crippen molar-refractivity contribution in [3.63, 3.8) is 0 Å². The Hall–Kier alpha value is -3.03. The van der Waals surface area contributed by atoms with Gasteiger partial charge in [0, 0.05) is 37.3 Å². The van der Waals surface area contributed by atoms with E-state index >= 15 is 0 Å². The molecule has 4 heterocycles. The lowest BCUT2D eigenvalue weighted by molar-refractivity contribution is 0.331. The third-order valence-corrected chi connectivity index (χ3v) is 6.70. The predicted octanol–water partition coefficient (Wildman–Crippen LogP) is 5.14. The SMILES string of the molecule is CCN=CCC(=N)c1cc2c(ccc3nnc(C)n32)n1Cc1cc(Cl)cc(CN2CCCC2)c1. The van der Waals surface area contributed by atoms with Gasteiger partial charge in [0.1, 0.15) is 5.82 Å². The maximum Gasteiger partial charge on any atom is 0.161 e. The lowest BCUT2D eigenvalue weighted by Crippen LogP contribution is -2.18. The number of aliphatic imine (C=N–C) groups is 1. The van der Waals surface area contributed by atoms with E-state index in [1.807, 2.05) is 32.2 Å². The van der Waals surface area contributed by atoms with Crippen molar-refractivity contribution in [2.24, 2.45) is 4.99 Å². The van der Waals surface area contributed by atoms with Crippen LogP contribution < -0.4 is 0 Å². The van der Waals surface area contributed by atoms with Crippen LogP contribution in [0.5, 0.6) is 0 Å². The molecule has 1 saturated heterocycles. The Morgan fingerprint density at radius 2 is 1.82 bits per heavy atom. The van der Waals surface area contributed by atoms with E-state index in [0.29, 0.717) is 18.7 Å². The number of aromatic nitrogens is 4. The van der Waals surface area contributed by atoms with Crippen LogP contribution in [0, 0.1) is 12.3 Å². The lowest BCUT2D eigenvalue weighted by atomic mass is 10.1. The van der Waals surface area contributed by atoms with Gasteiger partial charge in [-0.25, -0.2) is 0 Å². The van der Waals surface area contributed by atoms with Crippen molar-refractivity contribution in [2.45, 2.75) is 46.2 Å². The molecule has 0 atom stereocenters. The van der Waals surface area contributed by atoms with Crippen molar-refractivity contribution in [2.75, 3.05) is 19.6 Å². The number of aryl methyl sites for hydroxylation is 1. The molecule has 3 aromatic heterocycles. The molecule has 0 unspecified atom stereocenters. The maximum absolute atomic E-state index is 8.82. The second-order valence-corrected chi connectivity index (χ2v) is 9.41. The first-order valence-corrected chi connectivity index (χ1v) is 12.3. The summed E-state index contributed by atoms with van der Waals surface area (Å²) in [7, 11) is 0. The molecule has 4 aromatic rings. The van der Waals surface area contributed by atoms with Gasteiger partial charge in [-0.2, -0.15) is 0 Å². The number of rotatable bonds is 8. The van der Waals surface area contributed by atoms with Gasteiger partial charge in [-0.3, -0.25) is 14.3 Å². The van der Waals surface area contributed by atoms with E-state index < -0.39 is 0 Å². The molecule has 0 saturated carbocycles. The maximum atomic E-state index is 8.82. The number of hydrogen-bond donors (Lipinski definition) is 1. The van der Waals surface area contributed by atoms with Crippen LogP contribution in [-0.4, -0.2) is 55.6 Å². The Kier molecular flexibility index (Phi) is 6.48. The first-order valence-electron chi connectivity index (χ1n) is 11.9. The van der Waals surface area contributed by atoms with Gasteiger partial charge in [-0.05, 0) is 81.2 Å². The van der Waals surface area contributed by atoms with Crippen LogP contribution in [0.25, 0.3) is 16.7 Å². The van der Waals surface area contributed by atoms with E-state index in [2.05, 4.69) is 53.3 Å². The summed E-state index contributed by atoms with van der Waals surface area (Å²) >= 11 is 6.56.